The Labute approximate surface area is 236 Å². The van der Waals surface area contributed by atoms with Gasteiger partial charge in [0.05, 0.1) is 19.8 Å². The van der Waals surface area contributed by atoms with Crippen LogP contribution >= 0.6 is 8.60 Å². The molecule has 0 bridgehead atoms. The fourth-order valence-corrected chi connectivity index (χ4v) is 5.83. The largest absolute Gasteiger partial charge is 0.381 e. The number of rotatable bonds is 29. The Hall–Kier alpha value is -0.100. The maximum absolute atomic E-state index is 12.2. The lowest BCUT2D eigenvalue weighted by atomic mass is 10.0. The topological polar surface area (TPSA) is 68.2 Å². The minimum atomic E-state index is -1.89. The molecule has 0 saturated carbocycles. The Morgan fingerprint density at radius 2 is 1.32 bits per heavy atom. The van der Waals surface area contributed by atoms with Gasteiger partial charge in [-0.25, -0.2) is 0 Å². The van der Waals surface area contributed by atoms with Crippen LogP contribution in [0.1, 0.15) is 142 Å². The molecule has 0 spiro atoms. The van der Waals surface area contributed by atoms with Gasteiger partial charge in [-0.15, -0.1) is 0 Å². The Kier molecular flexibility index (Phi) is 25.6. The van der Waals surface area contributed by atoms with Gasteiger partial charge in [-0.2, -0.15) is 0 Å². The van der Waals surface area contributed by atoms with Crippen molar-refractivity contribution in [1.29, 1.82) is 0 Å². The predicted molar refractivity (Wildman–Crippen MR) is 160 cm³/mol. The molecule has 0 aromatic carbocycles. The van der Waals surface area contributed by atoms with Crippen molar-refractivity contribution < 1.29 is 23.5 Å². The number of nitrogens with zero attached hydrogens (tertiary/aromatic N) is 1. The van der Waals surface area contributed by atoms with Crippen LogP contribution in [0.25, 0.3) is 0 Å². The van der Waals surface area contributed by atoms with Gasteiger partial charge in [0.2, 0.25) is 0 Å². The highest BCUT2D eigenvalue weighted by molar-refractivity contribution is 7.40. The van der Waals surface area contributed by atoms with Crippen LogP contribution < -0.4 is 0 Å². The fraction of sp³-hybridized carbons (Fsp3) is 0.968. The molecule has 0 radical (unpaired) electrons. The van der Waals surface area contributed by atoms with E-state index in [1.807, 2.05) is 6.92 Å². The zero-order valence-electron chi connectivity index (χ0n) is 25.1. The van der Waals surface area contributed by atoms with Crippen molar-refractivity contribution in [2.24, 2.45) is 5.92 Å². The summed E-state index contributed by atoms with van der Waals surface area (Å²) in [5.41, 5.74) is 0. The molecule has 1 fully saturated rings. The van der Waals surface area contributed by atoms with E-state index < -0.39 is 8.60 Å². The van der Waals surface area contributed by atoms with Crippen LogP contribution in [0.4, 0.5) is 0 Å². The summed E-state index contributed by atoms with van der Waals surface area (Å²) in [5, 5.41) is 0. The molecule has 2 atom stereocenters. The highest BCUT2D eigenvalue weighted by Crippen LogP contribution is 2.34. The van der Waals surface area contributed by atoms with Crippen LogP contribution in [0.3, 0.4) is 0 Å². The smallest absolute Gasteiger partial charge is 0.329 e. The Balaban J connectivity index is 2.03. The highest BCUT2D eigenvalue weighted by Gasteiger charge is 2.18. The predicted octanol–water partition coefficient (Wildman–Crippen LogP) is 8.60. The van der Waals surface area contributed by atoms with Crippen molar-refractivity contribution in [2.45, 2.75) is 142 Å². The molecular weight excluding hydrogens is 497 g/mol. The van der Waals surface area contributed by atoms with Crippen molar-refractivity contribution in [2.75, 3.05) is 46.1 Å². The molecule has 0 aromatic heterocycles. The first-order chi connectivity index (χ1) is 18.7. The monoisotopic (exact) mass is 559 g/mol. The van der Waals surface area contributed by atoms with Gasteiger partial charge < -0.3 is 23.6 Å². The van der Waals surface area contributed by atoms with Gasteiger partial charge >= 0.3 is 8.60 Å². The highest BCUT2D eigenvalue weighted by atomic mass is 31.2. The summed E-state index contributed by atoms with van der Waals surface area (Å²) in [7, 11) is -1.89. The molecule has 1 saturated heterocycles. The van der Waals surface area contributed by atoms with Crippen molar-refractivity contribution in [1.82, 2.24) is 4.90 Å². The van der Waals surface area contributed by atoms with Gasteiger partial charge in [0.25, 0.3) is 0 Å². The molecule has 0 aliphatic carbocycles. The maximum Gasteiger partial charge on any atom is 0.329 e. The average molecular weight is 560 g/mol. The normalized spacial score (nSPS) is 15.8. The summed E-state index contributed by atoms with van der Waals surface area (Å²) in [4.78, 5) is 24.8. The van der Waals surface area contributed by atoms with E-state index in [0.29, 0.717) is 32.7 Å². The Morgan fingerprint density at radius 3 is 1.92 bits per heavy atom. The lowest BCUT2D eigenvalue weighted by Gasteiger charge is -2.19. The summed E-state index contributed by atoms with van der Waals surface area (Å²) < 4.78 is 17.0. The second kappa shape index (κ2) is 27.1. The second-order valence-corrected chi connectivity index (χ2v) is 12.3. The standard InChI is InChI=1S/C31H62NO5P/c1-3-5-6-7-8-9-10-11-12-13-14-15-19-25-35-28-30(27-31(33)21-4-2)29-37-38(34)36-26-20-18-24-32-22-16-17-23-32/h30,34H,3-29H2,1-2H3. The number of carbonyl (C=O) groups is 1. The van der Waals surface area contributed by atoms with Crippen LogP contribution in [0.2, 0.25) is 0 Å². The molecule has 1 N–H and O–H groups in total. The number of carbonyl (C=O) groups excluding carboxylic acids is 1. The van der Waals surface area contributed by atoms with E-state index in [-0.39, 0.29) is 11.7 Å². The molecule has 0 aromatic rings. The number of ether oxygens (including phenoxy) is 1. The molecular formula is C31H62NO5P. The molecule has 1 aliphatic rings. The van der Waals surface area contributed by atoms with E-state index in [4.69, 9.17) is 13.8 Å². The molecule has 7 heteroatoms. The van der Waals surface area contributed by atoms with Gasteiger partial charge in [-0.05, 0) is 58.2 Å². The third-order valence-electron chi connectivity index (χ3n) is 7.48. The van der Waals surface area contributed by atoms with Crippen LogP contribution in [0.5, 0.6) is 0 Å². The SMILES string of the molecule is CCCCCCCCCCCCCCCOCC(COP(O)OCCCCN1CCCC1)CC(=O)CCC. The van der Waals surface area contributed by atoms with Crippen LogP contribution in [0.15, 0.2) is 0 Å². The lowest BCUT2D eigenvalue weighted by molar-refractivity contribution is -0.120. The Morgan fingerprint density at radius 1 is 0.737 bits per heavy atom. The zero-order chi connectivity index (χ0) is 27.5. The first kappa shape index (κ1) is 35.9. The van der Waals surface area contributed by atoms with Gasteiger partial charge in [0.15, 0.2) is 0 Å². The van der Waals surface area contributed by atoms with Gasteiger partial charge in [0.1, 0.15) is 5.78 Å². The van der Waals surface area contributed by atoms with Crippen molar-refractivity contribution in [3.05, 3.63) is 0 Å². The van der Waals surface area contributed by atoms with E-state index in [2.05, 4.69) is 11.8 Å². The van der Waals surface area contributed by atoms with Crippen LogP contribution in [-0.4, -0.2) is 61.6 Å². The lowest BCUT2D eigenvalue weighted by Crippen LogP contribution is -2.20. The number of likely N-dealkylation sites (tertiary alicyclic amines) is 1. The van der Waals surface area contributed by atoms with Crippen molar-refractivity contribution in [3.63, 3.8) is 0 Å². The average Bonchev–Trinajstić information content (AvgIpc) is 3.43. The summed E-state index contributed by atoms with van der Waals surface area (Å²) in [6.45, 7) is 9.92. The fourth-order valence-electron chi connectivity index (χ4n) is 5.13. The summed E-state index contributed by atoms with van der Waals surface area (Å²) in [6, 6.07) is 0. The van der Waals surface area contributed by atoms with E-state index >= 15 is 0 Å². The van der Waals surface area contributed by atoms with E-state index in [9.17, 15) is 9.69 Å². The molecule has 38 heavy (non-hydrogen) atoms. The number of unbranched alkanes of at least 4 members (excludes halogenated alkanes) is 13. The minimum Gasteiger partial charge on any atom is -0.381 e. The van der Waals surface area contributed by atoms with Gasteiger partial charge in [0, 0.05) is 25.4 Å². The quantitative estimate of drug-likeness (QED) is 0.0731. The third kappa shape index (κ3) is 22.7. The molecule has 226 valence electrons. The molecule has 0 amide bonds. The number of hydrogen-bond donors (Lipinski definition) is 1. The second-order valence-electron chi connectivity index (χ2n) is 11.3. The molecule has 2 unspecified atom stereocenters. The van der Waals surface area contributed by atoms with Crippen molar-refractivity contribution >= 4 is 14.4 Å². The van der Waals surface area contributed by atoms with E-state index in [0.717, 1.165) is 38.8 Å². The summed E-state index contributed by atoms with van der Waals surface area (Å²) >= 11 is 0. The van der Waals surface area contributed by atoms with Crippen LogP contribution in [0, 0.1) is 5.92 Å². The molecule has 1 heterocycles. The summed E-state index contributed by atoms with van der Waals surface area (Å²) in [5.74, 6) is 0.225. The molecule has 1 rings (SSSR count). The van der Waals surface area contributed by atoms with E-state index in [1.54, 1.807) is 0 Å². The van der Waals surface area contributed by atoms with Gasteiger partial charge in [-0.3, -0.25) is 4.79 Å². The zero-order valence-corrected chi connectivity index (χ0v) is 26.0. The van der Waals surface area contributed by atoms with Crippen molar-refractivity contribution in [3.8, 4) is 0 Å². The maximum atomic E-state index is 12.2. The number of hydrogen-bond acceptors (Lipinski definition) is 6. The molecule has 1 aliphatic heterocycles. The Bertz CT molecular complexity index is 518. The third-order valence-corrected chi connectivity index (χ3v) is 8.25. The summed E-state index contributed by atoms with van der Waals surface area (Å²) in [6.07, 6.45) is 24.0. The first-order valence-corrected chi connectivity index (χ1v) is 17.3. The number of ketones is 1. The number of Topliss-reactive ketones (excluding diaryl/α,β-unsaturated/α-hetero) is 1. The molecule has 6 nitrogen and oxygen atoms in total. The van der Waals surface area contributed by atoms with Crippen LogP contribution in [-0.2, 0) is 18.6 Å². The van der Waals surface area contributed by atoms with E-state index in [1.165, 1.54) is 103 Å². The first-order valence-electron chi connectivity index (χ1n) is 16.2. The van der Waals surface area contributed by atoms with Gasteiger partial charge in [-0.1, -0.05) is 90.9 Å². The minimum absolute atomic E-state index is 0.0214.